The molecule has 1 amide bonds. The number of aliphatic carboxylic acids is 1. The number of β-lactam (4-membered cyclic amide) rings is 1. The van der Waals surface area contributed by atoms with Crippen molar-refractivity contribution in [2.45, 2.75) is 36.5 Å². The van der Waals surface area contributed by atoms with E-state index in [2.05, 4.69) is 0 Å². The molecule has 0 spiro atoms. The summed E-state index contributed by atoms with van der Waals surface area (Å²) in [6.45, 7) is 3.26. The number of hydrogen-bond donors (Lipinski definition) is 2. The first kappa shape index (κ1) is 20.2. The monoisotopic (exact) mass is 448 g/mol. The van der Waals surface area contributed by atoms with E-state index in [1.807, 2.05) is 0 Å². The number of carboxylic acids is 1. The molecule has 4 rings (SSSR count). The van der Waals surface area contributed by atoms with Crippen molar-refractivity contribution < 1.29 is 37.5 Å². The Hall–Kier alpha value is -2.05. The van der Waals surface area contributed by atoms with Gasteiger partial charge in [0, 0.05) is 23.3 Å². The number of aliphatic hydroxyl groups is 1. The van der Waals surface area contributed by atoms with Crippen LogP contribution in [0, 0.1) is 11.8 Å². The van der Waals surface area contributed by atoms with Crippen LogP contribution in [0.25, 0.3) is 10.4 Å². The molecule has 7 nitrogen and oxygen atoms in total. The summed E-state index contributed by atoms with van der Waals surface area (Å²) < 4.78 is 41.7. The Morgan fingerprint density at radius 3 is 2.62 bits per heavy atom. The SMILES string of the molecule is C[C@@H](O)[C@H]1C(=O)N2C(C(=O)O)=C(c3cn4c[n+](C)c(SC(F)(F)F)c4s3)[C@H](C)[C@H]12. The molecule has 0 aliphatic carbocycles. The first-order valence-corrected chi connectivity index (χ1v) is 10.3. The van der Waals surface area contributed by atoms with Crippen LogP contribution in [-0.2, 0) is 16.6 Å². The number of carbonyl (C=O) groups is 2. The maximum atomic E-state index is 12.9. The van der Waals surface area contributed by atoms with Gasteiger partial charge in [-0.05, 0) is 6.92 Å². The number of thioether (sulfide) groups is 1. The van der Waals surface area contributed by atoms with E-state index in [-0.39, 0.29) is 28.4 Å². The molecule has 1 saturated heterocycles. The van der Waals surface area contributed by atoms with Gasteiger partial charge in [0.25, 0.3) is 0 Å². The molecule has 2 aromatic heterocycles. The van der Waals surface area contributed by atoms with Gasteiger partial charge in [-0.3, -0.25) is 4.79 Å². The van der Waals surface area contributed by atoms with Crippen molar-refractivity contribution >= 4 is 45.4 Å². The molecule has 2 N–H and O–H groups in total. The molecule has 4 heterocycles. The Bertz CT molecular complexity index is 1070. The Kier molecular flexibility index (Phi) is 4.52. The molecule has 1 fully saturated rings. The number of carboxylic acid groups (broad SMARTS) is 1. The lowest BCUT2D eigenvalue weighted by Gasteiger charge is -2.46. The van der Waals surface area contributed by atoms with E-state index < -0.39 is 35.4 Å². The third-order valence-corrected chi connectivity index (χ3v) is 7.53. The van der Waals surface area contributed by atoms with Crippen molar-refractivity contribution in [3.63, 3.8) is 0 Å². The molecule has 0 radical (unpaired) electrons. The number of alkyl halides is 3. The first-order valence-electron chi connectivity index (χ1n) is 8.67. The number of fused-ring (bicyclic) bond motifs is 2. The summed E-state index contributed by atoms with van der Waals surface area (Å²) in [6.07, 6.45) is 2.15. The average molecular weight is 448 g/mol. The highest BCUT2D eigenvalue weighted by Gasteiger charge is 2.60. The number of thiazole rings is 1. The molecule has 4 atom stereocenters. The fourth-order valence-corrected chi connectivity index (χ4v) is 6.30. The van der Waals surface area contributed by atoms with Gasteiger partial charge in [-0.15, -0.1) is 0 Å². The molecule has 2 aromatic rings. The van der Waals surface area contributed by atoms with Crippen LogP contribution in [0.15, 0.2) is 23.2 Å². The first-order chi connectivity index (χ1) is 13.4. The Morgan fingerprint density at radius 2 is 2.07 bits per heavy atom. The van der Waals surface area contributed by atoms with Crippen LogP contribution < -0.4 is 4.57 Å². The van der Waals surface area contributed by atoms with Crippen LogP contribution in [0.4, 0.5) is 13.2 Å². The van der Waals surface area contributed by atoms with E-state index in [1.165, 1.54) is 34.2 Å². The van der Waals surface area contributed by atoms with E-state index in [4.69, 9.17) is 0 Å². The second-order valence-corrected chi connectivity index (χ2v) is 9.29. The molecule has 2 aliphatic rings. The topological polar surface area (TPSA) is 86.1 Å². The number of imidazole rings is 1. The molecule has 12 heteroatoms. The highest BCUT2D eigenvalue weighted by molar-refractivity contribution is 8.00. The summed E-state index contributed by atoms with van der Waals surface area (Å²) in [4.78, 5) is 26.4. The molecule has 0 unspecified atom stereocenters. The maximum absolute atomic E-state index is 12.9. The predicted octanol–water partition coefficient (Wildman–Crippen LogP) is 2.09. The number of carbonyl (C=O) groups excluding carboxylic acids is 1. The summed E-state index contributed by atoms with van der Waals surface area (Å²) in [7, 11) is 1.51. The number of aryl methyl sites for hydroxylation is 1. The number of nitrogens with zero attached hydrogens (tertiary/aromatic N) is 3. The number of hydrogen-bond acceptors (Lipinski definition) is 5. The van der Waals surface area contributed by atoms with Gasteiger partial charge >= 0.3 is 11.5 Å². The summed E-state index contributed by atoms with van der Waals surface area (Å²) in [5, 5.41) is 19.6. The lowest BCUT2D eigenvalue weighted by Crippen LogP contribution is -2.63. The molecule has 29 heavy (non-hydrogen) atoms. The van der Waals surface area contributed by atoms with Crippen molar-refractivity contribution in [2.75, 3.05) is 0 Å². The van der Waals surface area contributed by atoms with Crippen molar-refractivity contribution in [3.05, 3.63) is 23.1 Å². The number of amides is 1. The Balaban J connectivity index is 1.83. The van der Waals surface area contributed by atoms with Gasteiger partial charge in [0.2, 0.25) is 22.1 Å². The summed E-state index contributed by atoms with van der Waals surface area (Å²) >= 11 is 0.818. The summed E-state index contributed by atoms with van der Waals surface area (Å²) in [5.41, 5.74) is -4.22. The van der Waals surface area contributed by atoms with Gasteiger partial charge in [0.05, 0.1) is 30.0 Å². The van der Waals surface area contributed by atoms with Crippen LogP contribution in [0.1, 0.15) is 18.7 Å². The fourth-order valence-electron chi connectivity index (χ4n) is 4.24. The van der Waals surface area contributed by atoms with E-state index in [9.17, 15) is 33.0 Å². The zero-order valence-electron chi connectivity index (χ0n) is 15.5. The lowest BCUT2D eigenvalue weighted by molar-refractivity contribution is -0.706. The highest BCUT2D eigenvalue weighted by Crippen LogP contribution is 2.52. The Labute approximate surface area is 171 Å². The van der Waals surface area contributed by atoms with Gasteiger partial charge in [0.1, 0.15) is 11.9 Å². The number of aliphatic hydroxyl groups excluding tert-OH is 1. The number of halogens is 3. The van der Waals surface area contributed by atoms with E-state index in [1.54, 1.807) is 13.1 Å². The smallest absolute Gasteiger partial charge is 0.449 e. The fraction of sp³-hybridized carbons (Fsp3) is 0.471. The number of rotatable bonds is 4. The standard InChI is InChI=1S/C17H16F3N3O4S2/c1-6-9(12(16(26)27)23-11(6)10(7(2)24)13(23)25)8-4-22-5-21(3)14(15(22)28-8)29-17(18,19)20/h4-7,10-11,24H,1-3H3/p+1/t6-,7+,10+,11+/m0/s1. The van der Waals surface area contributed by atoms with Gasteiger partial charge in [-0.2, -0.15) is 17.6 Å². The van der Waals surface area contributed by atoms with Gasteiger partial charge in [-0.25, -0.2) is 9.36 Å². The molecule has 156 valence electrons. The number of aromatic nitrogens is 2. The molecular formula is C17H17F3N3O4S2+. The molecule has 2 aliphatic heterocycles. The molecular weight excluding hydrogens is 431 g/mol. The van der Waals surface area contributed by atoms with Crippen molar-refractivity contribution in [1.82, 2.24) is 9.30 Å². The zero-order chi connectivity index (χ0) is 21.4. The largest absolute Gasteiger partial charge is 0.477 e. The van der Waals surface area contributed by atoms with Crippen LogP contribution >= 0.6 is 23.1 Å². The van der Waals surface area contributed by atoms with Crippen LogP contribution in [-0.4, -0.2) is 49.0 Å². The summed E-state index contributed by atoms with van der Waals surface area (Å²) in [6, 6.07) is -0.481. The highest BCUT2D eigenvalue weighted by atomic mass is 32.2. The lowest BCUT2D eigenvalue weighted by atomic mass is 9.77. The molecule has 0 bridgehead atoms. The van der Waals surface area contributed by atoms with Crippen LogP contribution in [0.2, 0.25) is 0 Å². The Morgan fingerprint density at radius 1 is 1.41 bits per heavy atom. The van der Waals surface area contributed by atoms with Gasteiger partial charge in [0.15, 0.2) is 0 Å². The third-order valence-electron chi connectivity index (χ3n) is 5.35. The zero-order valence-corrected chi connectivity index (χ0v) is 17.1. The van der Waals surface area contributed by atoms with Crippen molar-refractivity contribution in [2.24, 2.45) is 18.9 Å². The normalized spacial score (nSPS) is 25.6. The van der Waals surface area contributed by atoms with Crippen molar-refractivity contribution in [1.29, 1.82) is 0 Å². The minimum atomic E-state index is -4.46. The van der Waals surface area contributed by atoms with Crippen LogP contribution in [0.5, 0.6) is 0 Å². The van der Waals surface area contributed by atoms with Crippen molar-refractivity contribution in [3.8, 4) is 0 Å². The molecule has 0 saturated carbocycles. The summed E-state index contributed by atoms with van der Waals surface area (Å²) in [5.74, 6) is -2.81. The third kappa shape index (κ3) is 2.96. The average Bonchev–Trinajstić information content (AvgIpc) is 3.16. The van der Waals surface area contributed by atoms with Gasteiger partial charge < -0.3 is 15.1 Å². The van der Waals surface area contributed by atoms with Crippen LogP contribution in [0.3, 0.4) is 0 Å². The van der Waals surface area contributed by atoms with E-state index in [0.717, 1.165) is 11.3 Å². The minimum absolute atomic E-state index is 0.00177. The quantitative estimate of drug-likeness (QED) is 0.425. The van der Waals surface area contributed by atoms with E-state index in [0.29, 0.717) is 15.3 Å². The van der Waals surface area contributed by atoms with E-state index >= 15 is 0 Å². The maximum Gasteiger partial charge on any atom is 0.449 e. The minimum Gasteiger partial charge on any atom is -0.477 e. The molecule has 0 aromatic carbocycles. The second kappa shape index (κ2) is 6.47. The second-order valence-electron chi connectivity index (χ2n) is 7.21. The predicted molar refractivity (Wildman–Crippen MR) is 97.9 cm³/mol. The van der Waals surface area contributed by atoms with Gasteiger partial charge in [-0.1, -0.05) is 18.3 Å².